The average molecular weight is 581 g/mol. The van der Waals surface area contributed by atoms with E-state index < -0.39 is 47.5 Å². The largest absolute Gasteiger partial charge is 0.573 e. The first-order valence-electron chi connectivity index (χ1n) is 13.7. The zero-order chi connectivity index (χ0) is 29.2. The van der Waals surface area contributed by atoms with E-state index in [-0.39, 0.29) is 29.0 Å². The maximum absolute atomic E-state index is 14.1. The number of halogens is 4. The van der Waals surface area contributed by atoms with Crippen LogP contribution in [0.15, 0.2) is 48.5 Å². The summed E-state index contributed by atoms with van der Waals surface area (Å²) in [5.74, 6) is -2.49. The Morgan fingerprint density at radius 3 is 2.27 bits per heavy atom. The van der Waals surface area contributed by atoms with Gasteiger partial charge in [-0.25, -0.2) is 4.79 Å². The number of carbonyl (C=O) groups is 2. The highest BCUT2D eigenvalue weighted by atomic mass is 35.5. The molecule has 2 fully saturated rings. The van der Waals surface area contributed by atoms with E-state index in [2.05, 4.69) is 10.1 Å². The molecule has 6 nitrogen and oxygen atoms in total. The molecule has 0 aromatic heterocycles. The van der Waals surface area contributed by atoms with E-state index in [1.54, 1.807) is 4.90 Å². The Kier molecular flexibility index (Phi) is 9.05. The van der Waals surface area contributed by atoms with Crippen molar-refractivity contribution in [1.82, 2.24) is 10.2 Å². The van der Waals surface area contributed by atoms with Crippen molar-refractivity contribution < 1.29 is 32.6 Å². The Morgan fingerprint density at radius 1 is 1.05 bits per heavy atom. The predicted octanol–water partition coefficient (Wildman–Crippen LogP) is 6.98. The molecule has 40 heavy (non-hydrogen) atoms. The number of likely N-dealkylation sites (tertiary alicyclic amines) is 1. The zero-order valence-corrected chi connectivity index (χ0v) is 23.6. The number of carboxylic acid groups (broad SMARTS) is 1. The lowest BCUT2D eigenvalue weighted by Crippen LogP contribution is -2.49. The van der Waals surface area contributed by atoms with Crippen molar-refractivity contribution in [1.29, 1.82) is 0 Å². The molecule has 0 radical (unpaired) electrons. The lowest BCUT2D eigenvalue weighted by Gasteiger charge is -2.36. The Hall–Kier alpha value is -2.78. The Labute approximate surface area is 237 Å². The number of rotatable bonds is 7. The number of carboxylic acids is 1. The molecule has 2 N–H and O–H groups in total. The number of hydrogen-bond donors (Lipinski definition) is 2. The number of nitrogens with zero attached hydrogens (tertiary/aromatic N) is 1. The molecule has 2 aromatic carbocycles. The smallest absolute Gasteiger partial charge is 0.480 e. The highest BCUT2D eigenvalue weighted by molar-refractivity contribution is 6.30. The first-order valence-corrected chi connectivity index (χ1v) is 14.0. The highest BCUT2D eigenvalue weighted by Gasteiger charge is 2.58. The van der Waals surface area contributed by atoms with Crippen LogP contribution in [0, 0.1) is 17.3 Å². The third-order valence-electron chi connectivity index (χ3n) is 8.05. The fraction of sp³-hybridized carbons (Fsp3) is 0.533. The summed E-state index contributed by atoms with van der Waals surface area (Å²) in [6.45, 7) is 5.70. The summed E-state index contributed by atoms with van der Waals surface area (Å²) in [6, 6.07) is 10.8. The van der Waals surface area contributed by atoms with Crippen LogP contribution in [0.2, 0.25) is 5.02 Å². The zero-order valence-electron chi connectivity index (χ0n) is 22.9. The molecule has 0 spiro atoms. The van der Waals surface area contributed by atoms with E-state index in [1.165, 1.54) is 12.1 Å². The highest BCUT2D eigenvalue weighted by Crippen LogP contribution is 2.49. The van der Waals surface area contributed by atoms with Gasteiger partial charge in [0.15, 0.2) is 0 Å². The minimum absolute atomic E-state index is 0.0790. The molecule has 218 valence electrons. The van der Waals surface area contributed by atoms with Crippen molar-refractivity contribution in [3.8, 4) is 5.75 Å². The second-order valence-electron chi connectivity index (χ2n) is 11.8. The first kappa shape index (κ1) is 30.2. The molecule has 4 rings (SSSR count). The van der Waals surface area contributed by atoms with Crippen molar-refractivity contribution in [3.05, 3.63) is 64.7 Å². The second-order valence-corrected chi connectivity index (χ2v) is 12.3. The van der Waals surface area contributed by atoms with Gasteiger partial charge >= 0.3 is 12.3 Å². The topological polar surface area (TPSA) is 78.9 Å². The van der Waals surface area contributed by atoms with Gasteiger partial charge in [-0.15, -0.1) is 13.2 Å². The van der Waals surface area contributed by atoms with Crippen LogP contribution in [-0.4, -0.2) is 40.3 Å². The van der Waals surface area contributed by atoms with Crippen LogP contribution < -0.4 is 10.1 Å². The molecule has 10 heteroatoms. The van der Waals surface area contributed by atoms with Crippen molar-refractivity contribution in [2.24, 2.45) is 17.3 Å². The Morgan fingerprint density at radius 2 is 1.70 bits per heavy atom. The molecule has 1 aliphatic heterocycles. The standard InChI is InChI=1S/C30H36ClF3N2O4/c1-29(2,3)23-24(35-17-20-16-21(31)14-15-22(20)40-30(32,33)34)25(18-10-6-4-7-11-18)36(26(23)28(38)39)27(37)19-12-8-5-9-13-19/h4,6-7,10-11,14-16,19,23-26,35H,5,8-9,12-13,17H2,1-3H3,(H,38,39). The molecule has 1 saturated carbocycles. The molecular formula is C30H36ClF3N2O4. The van der Waals surface area contributed by atoms with Gasteiger partial charge in [0.25, 0.3) is 0 Å². The van der Waals surface area contributed by atoms with Crippen LogP contribution in [0.5, 0.6) is 5.75 Å². The minimum Gasteiger partial charge on any atom is -0.480 e. The van der Waals surface area contributed by atoms with Crippen LogP contribution in [0.25, 0.3) is 0 Å². The number of amides is 1. The molecule has 4 unspecified atom stereocenters. The van der Waals surface area contributed by atoms with Crippen molar-refractivity contribution in [3.63, 3.8) is 0 Å². The summed E-state index contributed by atoms with van der Waals surface area (Å²) in [5.41, 5.74) is 0.364. The van der Waals surface area contributed by atoms with Crippen molar-refractivity contribution >= 4 is 23.5 Å². The summed E-state index contributed by atoms with van der Waals surface area (Å²) in [6.07, 6.45) is -0.596. The number of hydrogen-bond acceptors (Lipinski definition) is 4. The number of alkyl halides is 3. The van der Waals surface area contributed by atoms with Gasteiger partial charge in [-0.2, -0.15) is 0 Å². The molecular weight excluding hydrogens is 545 g/mol. The number of nitrogens with one attached hydrogen (secondary N) is 1. The second kappa shape index (κ2) is 12.0. The average Bonchev–Trinajstić information content (AvgIpc) is 3.24. The van der Waals surface area contributed by atoms with Crippen molar-refractivity contribution in [2.45, 2.75) is 83.9 Å². The summed E-state index contributed by atoms with van der Waals surface area (Å²) < 4.78 is 43.7. The van der Waals surface area contributed by atoms with Crippen LogP contribution in [0.3, 0.4) is 0 Å². The normalized spacial score (nSPS) is 24.2. The molecule has 4 atom stereocenters. The molecule has 0 bridgehead atoms. The van der Waals surface area contributed by atoms with Crippen LogP contribution in [0.1, 0.15) is 70.0 Å². The van der Waals surface area contributed by atoms with E-state index in [0.29, 0.717) is 12.8 Å². The summed E-state index contributed by atoms with van der Waals surface area (Å²) in [7, 11) is 0. The van der Waals surface area contributed by atoms with E-state index in [0.717, 1.165) is 30.9 Å². The van der Waals surface area contributed by atoms with Gasteiger partial charge in [-0.3, -0.25) is 4.79 Å². The SMILES string of the molecule is CC(C)(C)C1C(NCc2cc(Cl)ccc2OC(F)(F)F)C(c2ccccc2)N(C(=O)C2CCCCC2)C1C(=O)O. The van der Waals surface area contributed by atoms with Crippen LogP contribution in [0.4, 0.5) is 13.2 Å². The van der Waals surface area contributed by atoms with Gasteiger partial charge in [0.05, 0.1) is 6.04 Å². The third-order valence-corrected chi connectivity index (χ3v) is 8.28. The number of ether oxygens (including phenoxy) is 1. The van der Waals surface area contributed by atoms with Gasteiger partial charge in [0.2, 0.25) is 5.91 Å². The molecule has 1 amide bonds. The third kappa shape index (κ3) is 6.74. The van der Waals surface area contributed by atoms with Gasteiger partial charge in [-0.05, 0) is 42.0 Å². The molecule has 1 heterocycles. The van der Waals surface area contributed by atoms with E-state index >= 15 is 0 Å². The van der Waals surface area contributed by atoms with Gasteiger partial charge < -0.3 is 20.1 Å². The lowest BCUT2D eigenvalue weighted by atomic mass is 9.72. The molecule has 2 aromatic rings. The van der Waals surface area contributed by atoms with Crippen LogP contribution in [-0.2, 0) is 16.1 Å². The fourth-order valence-corrected chi connectivity index (χ4v) is 6.62. The number of carbonyl (C=O) groups excluding carboxylic acids is 1. The minimum atomic E-state index is -4.89. The fourth-order valence-electron chi connectivity index (χ4n) is 6.43. The Bertz CT molecular complexity index is 1200. The predicted molar refractivity (Wildman–Crippen MR) is 146 cm³/mol. The van der Waals surface area contributed by atoms with Gasteiger partial charge in [0, 0.05) is 35.0 Å². The quantitative estimate of drug-likeness (QED) is 0.369. The summed E-state index contributed by atoms with van der Waals surface area (Å²) >= 11 is 6.13. The molecule has 2 aliphatic rings. The van der Waals surface area contributed by atoms with Gasteiger partial charge in [0.1, 0.15) is 11.8 Å². The van der Waals surface area contributed by atoms with E-state index in [1.807, 2.05) is 51.1 Å². The molecule has 1 aliphatic carbocycles. The summed E-state index contributed by atoms with van der Waals surface area (Å²) in [5, 5.41) is 14.2. The van der Waals surface area contributed by atoms with Crippen LogP contribution >= 0.6 is 11.6 Å². The van der Waals surface area contributed by atoms with E-state index in [9.17, 15) is 27.9 Å². The van der Waals surface area contributed by atoms with E-state index in [4.69, 9.17) is 11.6 Å². The van der Waals surface area contributed by atoms with Crippen molar-refractivity contribution in [2.75, 3.05) is 0 Å². The number of aliphatic carboxylic acids is 1. The maximum atomic E-state index is 14.1. The first-order chi connectivity index (χ1) is 18.8. The maximum Gasteiger partial charge on any atom is 0.573 e. The van der Waals surface area contributed by atoms with Gasteiger partial charge in [-0.1, -0.05) is 82.0 Å². The Balaban J connectivity index is 1.79. The monoisotopic (exact) mass is 580 g/mol. The summed E-state index contributed by atoms with van der Waals surface area (Å²) in [4.78, 5) is 28.6. The molecule has 1 saturated heterocycles. The number of benzene rings is 2. The lowest BCUT2D eigenvalue weighted by molar-refractivity contribution is -0.274.